The van der Waals surface area contributed by atoms with Crippen LogP contribution in [0.15, 0.2) is 33.9 Å². The summed E-state index contributed by atoms with van der Waals surface area (Å²) in [5, 5.41) is 4.63. The zero-order valence-corrected chi connectivity index (χ0v) is 18.6. The minimum Gasteiger partial charge on any atom is -0.458 e. The van der Waals surface area contributed by atoms with Gasteiger partial charge in [0.1, 0.15) is 17.3 Å². The van der Waals surface area contributed by atoms with Gasteiger partial charge in [0.2, 0.25) is 0 Å². The molecule has 12 heteroatoms. The average molecular weight is 473 g/mol. The van der Waals surface area contributed by atoms with Gasteiger partial charge < -0.3 is 4.74 Å². The van der Waals surface area contributed by atoms with Crippen LogP contribution in [0.4, 0.5) is 13.2 Å². The van der Waals surface area contributed by atoms with Crippen LogP contribution in [0.1, 0.15) is 39.4 Å². The lowest BCUT2D eigenvalue weighted by Crippen LogP contribution is -2.40. The van der Waals surface area contributed by atoms with Gasteiger partial charge in [0.15, 0.2) is 5.15 Å². The van der Waals surface area contributed by atoms with Gasteiger partial charge in [-0.1, -0.05) is 11.6 Å². The average Bonchev–Trinajstić information content (AvgIpc) is 2.98. The van der Waals surface area contributed by atoms with E-state index in [0.29, 0.717) is 26.1 Å². The first-order chi connectivity index (χ1) is 14.6. The summed E-state index contributed by atoms with van der Waals surface area (Å²) in [6, 6.07) is 3.60. The van der Waals surface area contributed by atoms with E-state index in [9.17, 15) is 27.6 Å². The first-order valence-corrected chi connectivity index (χ1v) is 9.81. The van der Waals surface area contributed by atoms with E-state index >= 15 is 0 Å². The number of carbonyl (C=O) groups excluding carboxylic acids is 1. The van der Waals surface area contributed by atoms with Crippen molar-refractivity contribution in [1.29, 1.82) is 0 Å². The molecule has 32 heavy (non-hydrogen) atoms. The summed E-state index contributed by atoms with van der Waals surface area (Å²) in [5.74, 6) is -0.591. The lowest BCUT2D eigenvalue weighted by molar-refractivity contribution is -0.158. The van der Waals surface area contributed by atoms with Crippen LogP contribution in [0, 0.1) is 0 Å². The number of hydrogen-bond donors (Lipinski definition) is 0. The number of halogens is 4. The van der Waals surface area contributed by atoms with Crippen LogP contribution in [-0.2, 0) is 22.8 Å². The van der Waals surface area contributed by atoms with Gasteiger partial charge in [0.25, 0.3) is 5.56 Å². The van der Waals surface area contributed by atoms with Crippen molar-refractivity contribution in [2.45, 2.75) is 45.5 Å². The first kappa shape index (κ1) is 23.6. The summed E-state index contributed by atoms with van der Waals surface area (Å²) in [7, 11) is 0.922. The van der Waals surface area contributed by atoms with E-state index < -0.39 is 40.7 Å². The minimum absolute atomic E-state index is 0.00831. The molecule has 1 atom stereocenters. The highest BCUT2D eigenvalue weighted by atomic mass is 35.5. The molecular formula is C20H20ClF3N4O4. The van der Waals surface area contributed by atoms with Crippen LogP contribution in [0.3, 0.4) is 0 Å². The van der Waals surface area contributed by atoms with Crippen LogP contribution < -0.4 is 11.2 Å². The van der Waals surface area contributed by atoms with Crippen LogP contribution in [0.5, 0.6) is 0 Å². The zero-order valence-electron chi connectivity index (χ0n) is 17.8. The Morgan fingerprint density at radius 2 is 1.78 bits per heavy atom. The largest absolute Gasteiger partial charge is 0.458 e. The third-order valence-electron chi connectivity index (χ3n) is 4.63. The summed E-state index contributed by atoms with van der Waals surface area (Å²) >= 11 is 6.17. The van der Waals surface area contributed by atoms with Crippen molar-refractivity contribution in [3.8, 4) is 5.69 Å². The number of esters is 1. The fourth-order valence-corrected chi connectivity index (χ4v) is 3.38. The Labute approximate surface area is 184 Å². The predicted molar refractivity (Wildman–Crippen MR) is 111 cm³/mol. The molecule has 0 aliphatic carbocycles. The van der Waals surface area contributed by atoms with Crippen molar-refractivity contribution in [2.75, 3.05) is 0 Å². The van der Waals surface area contributed by atoms with Gasteiger partial charge in [0.05, 0.1) is 11.2 Å². The molecule has 0 fully saturated rings. The third-order valence-corrected chi connectivity index (χ3v) is 4.91. The number of aromatic nitrogens is 4. The van der Waals surface area contributed by atoms with Crippen LogP contribution in [-0.4, -0.2) is 30.5 Å². The second kappa shape index (κ2) is 7.80. The number of benzene rings is 1. The highest BCUT2D eigenvalue weighted by Gasteiger charge is 2.35. The maximum absolute atomic E-state index is 13.1. The second-order valence-corrected chi connectivity index (χ2v) is 8.55. The number of ether oxygens (including phenoxy) is 1. The molecule has 0 amide bonds. The molecule has 0 radical (unpaired) electrons. The molecule has 2 heterocycles. The molecular weight excluding hydrogens is 453 g/mol. The molecule has 172 valence electrons. The standard InChI is InChI=1S/C20H20ClF3N4O4/c1-10(17(30)32-19(2,3)4)28-13-8-11(6-7-12(13)16(21)25-28)27-15(29)9-14(20(22,23)24)26(5)18(27)31/h6-10H,1-5H3. The fraction of sp³-hybridized carbons (Fsp3) is 0.400. The molecule has 2 aromatic heterocycles. The number of carbonyl (C=O) groups is 1. The Balaban J connectivity index is 2.19. The number of alkyl halides is 3. The quantitative estimate of drug-likeness (QED) is 0.545. The molecule has 1 aromatic carbocycles. The lowest BCUT2D eigenvalue weighted by atomic mass is 10.2. The fourth-order valence-electron chi connectivity index (χ4n) is 3.14. The van der Waals surface area contributed by atoms with Gasteiger partial charge >= 0.3 is 17.8 Å². The third kappa shape index (κ3) is 4.29. The molecule has 0 aliphatic heterocycles. The van der Waals surface area contributed by atoms with Gasteiger partial charge in [-0.2, -0.15) is 18.3 Å². The van der Waals surface area contributed by atoms with Gasteiger partial charge in [-0.3, -0.25) is 9.36 Å². The summed E-state index contributed by atoms with van der Waals surface area (Å²) in [4.78, 5) is 37.5. The van der Waals surface area contributed by atoms with Crippen LogP contribution in [0.25, 0.3) is 16.6 Å². The molecule has 0 bridgehead atoms. The number of fused-ring (bicyclic) bond motifs is 1. The highest BCUT2D eigenvalue weighted by Crippen LogP contribution is 2.29. The summed E-state index contributed by atoms with van der Waals surface area (Å²) in [5.41, 5.74) is -4.16. The van der Waals surface area contributed by atoms with Crippen molar-refractivity contribution >= 4 is 28.5 Å². The molecule has 0 saturated carbocycles. The van der Waals surface area contributed by atoms with Crippen molar-refractivity contribution < 1.29 is 22.7 Å². The van der Waals surface area contributed by atoms with E-state index in [1.807, 2.05) is 0 Å². The van der Waals surface area contributed by atoms with Crippen molar-refractivity contribution in [1.82, 2.24) is 18.9 Å². The second-order valence-electron chi connectivity index (χ2n) is 8.19. The van der Waals surface area contributed by atoms with E-state index in [0.717, 1.165) is 7.05 Å². The Kier molecular flexibility index (Phi) is 5.75. The molecule has 8 nitrogen and oxygen atoms in total. The Bertz CT molecular complexity index is 1330. The number of rotatable bonds is 3. The molecule has 0 spiro atoms. The Morgan fingerprint density at radius 1 is 1.16 bits per heavy atom. The van der Waals surface area contributed by atoms with E-state index in [1.54, 1.807) is 20.8 Å². The topological polar surface area (TPSA) is 88.1 Å². The predicted octanol–water partition coefficient (Wildman–Crippen LogP) is 3.46. The normalized spacial score (nSPS) is 13.4. The van der Waals surface area contributed by atoms with E-state index in [4.69, 9.17) is 16.3 Å². The van der Waals surface area contributed by atoms with Gasteiger partial charge in [-0.05, 0) is 45.9 Å². The van der Waals surface area contributed by atoms with Crippen molar-refractivity contribution in [3.63, 3.8) is 0 Å². The summed E-state index contributed by atoms with van der Waals surface area (Å²) in [6.07, 6.45) is -4.87. The minimum atomic E-state index is -4.87. The maximum Gasteiger partial charge on any atom is 0.431 e. The smallest absolute Gasteiger partial charge is 0.431 e. The van der Waals surface area contributed by atoms with Gasteiger partial charge in [-0.25, -0.2) is 18.8 Å². The van der Waals surface area contributed by atoms with Crippen LogP contribution >= 0.6 is 11.6 Å². The van der Waals surface area contributed by atoms with E-state index in [2.05, 4.69) is 5.10 Å². The zero-order chi connectivity index (χ0) is 24.2. The Hall–Kier alpha value is -3.08. The molecule has 0 saturated heterocycles. The van der Waals surface area contributed by atoms with Gasteiger partial charge in [-0.15, -0.1) is 0 Å². The van der Waals surface area contributed by atoms with Crippen molar-refractivity contribution in [3.05, 3.63) is 56.0 Å². The van der Waals surface area contributed by atoms with Crippen molar-refractivity contribution in [2.24, 2.45) is 7.05 Å². The lowest BCUT2D eigenvalue weighted by Gasteiger charge is -2.22. The van der Waals surface area contributed by atoms with E-state index in [1.165, 1.54) is 29.8 Å². The van der Waals surface area contributed by atoms with Gasteiger partial charge in [0, 0.05) is 18.5 Å². The SMILES string of the molecule is CC(C(=O)OC(C)(C)C)n1nc(Cl)c2ccc(-n3c(=O)cc(C(F)(F)F)n(C)c3=O)cc21. The van der Waals surface area contributed by atoms with E-state index in [-0.39, 0.29) is 10.8 Å². The molecule has 0 N–H and O–H groups in total. The number of hydrogen-bond acceptors (Lipinski definition) is 5. The highest BCUT2D eigenvalue weighted by molar-refractivity contribution is 6.34. The molecule has 3 rings (SSSR count). The Morgan fingerprint density at radius 3 is 2.34 bits per heavy atom. The maximum atomic E-state index is 13.1. The molecule has 3 aromatic rings. The summed E-state index contributed by atoms with van der Waals surface area (Å²) < 4.78 is 46.9. The first-order valence-electron chi connectivity index (χ1n) is 9.43. The monoisotopic (exact) mass is 472 g/mol. The number of nitrogens with zero attached hydrogens (tertiary/aromatic N) is 4. The molecule has 1 unspecified atom stereocenters. The molecule has 0 aliphatic rings. The van der Waals surface area contributed by atoms with Crippen LogP contribution in [0.2, 0.25) is 5.15 Å². The summed E-state index contributed by atoms with van der Waals surface area (Å²) in [6.45, 7) is 6.65.